The second-order valence-corrected chi connectivity index (χ2v) is 8.62. The molecule has 138 valence electrons. The lowest BCUT2D eigenvalue weighted by Crippen LogP contribution is -2.18. The van der Waals surface area contributed by atoms with Crippen molar-refractivity contribution < 1.29 is 15.3 Å². The van der Waals surface area contributed by atoms with Gasteiger partial charge in [0.1, 0.15) is 5.75 Å². The maximum Gasteiger partial charge on any atom is 0.123 e. The van der Waals surface area contributed by atoms with Gasteiger partial charge in [-0.1, -0.05) is 41.5 Å². The number of nitrogens with zero attached hydrogens (tertiary/aromatic N) is 2. The molecule has 0 spiro atoms. The molecule has 1 aromatic carbocycles. The fraction of sp³-hybridized carbons (Fsp3) is 0.550. The van der Waals surface area contributed by atoms with E-state index in [2.05, 4.69) is 46.6 Å². The van der Waals surface area contributed by atoms with Crippen LogP contribution in [0.3, 0.4) is 0 Å². The Labute approximate surface area is 149 Å². The van der Waals surface area contributed by atoms with Crippen molar-refractivity contribution in [3.63, 3.8) is 0 Å². The summed E-state index contributed by atoms with van der Waals surface area (Å²) in [4.78, 5) is 0. The predicted octanol–water partition coefficient (Wildman–Crippen LogP) is 3.38. The van der Waals surface area contributed by atoms with Gasteiger partial charge in [-0.05, 0) is 29.0 Å². The minimum atomic E-state index is -0.449. The summed E-state index contributed by atoms with van der Waals surface area (Å²) in [6, 6.07) is 5.37. The van der Waals surface area contributed by atoms with E-state index in [1.165, 1.54) is 0 Å². The van der Waals surface area contributed by atoms with E-state index in [-0.39, 0.29) is 24.0 Å². The van der Waals surface area contributed by atoms with Crippen LogP contribution >= 0.6 is 0 Å². The molecule has 0 radical (unpaired) electrons. The summed E-state index contributed by atoms with van der Waals surface area (Å²) in [6.07, 6.45) is 1.76. The Hall–Kier alpha value is -1.85. The summed E-state index contributed by atoms with van der Waals surface area (Å²) >= 11 is 0. The zero-order valence-corrected chi connectivity index (χ0v) is 16.0. The van der Waals surface area contributed by atoms with E-state index in [1.54, 1.807) is 10.9 Å². The Morgan fingerprint density at radius 1 is 0.960 bits per heavy atom. The topological polar surface area (TPSA) is 78.5 Å². The van der Waals surface area contributed by atoms with Crippen LogP contribution in [0.15, 0.2) is 24.4 Å². The summed E-state index contributed by atoms with van der Waals surface area (Å²) < 4.78 is 1.58. The number of aromatic nitrogens is 2. The van der Waals surface area contributed by atoms with Crippen molar-refractivity contribution in [2.75, 3.05) is 13.2 Å². The van der Waals surface area contributed by atoms with Crippen molar-refractivity contribution in [1.82, 2.24) is 9.78 Å². The number of aliphatic hydroxyl groups excluding tert-OH is 2. The average Bonchev–Trinajstić information content (AvgIpc) is 2.96. The largest absolute Gasteiger partial charge is 0.507 e. The molecule has 0 amide bonds. The summed E-state index contributed by atoms with van der Waals surface area (Å²) in [5.74, 6) is 0.340. The van der Waals surface area contributed by atoms with Gasteiger partial charge >= 0.3 is 0 Å². The smallest absolute Gasteiger partial charge is 0.123 e. The Kier molecular flexibility index (Phi) is 5.30. The van der Waals surface area contributed by atoms with E-state index in [0.29, 0.717) is 5.75 Å². The molecule has 1 heterocycles. The molecule has 0 saturated carbocycles. The molecule has 0 unspecified atom stereocenters. The van der Waals surface area contributed by atoms with Crippen LogP contribution in [0.4, 0.5) is 0 Å². The van der Waals surface area contributed by atoms with Crippen LogP contribution in [-0.4, -0.2) is 38.3 Å². The van der Waals surface area contributed by atoms with Gasteiger partial charge in [0.15, 0.2) is 0 Å². The molecule has 2 aromatic rings. The van der Waals surface area contributed by atoms with Crippen LogP contribution in [0, 0.1) is 0 Å². The molecule has 0 bridgehead atoms. The zero-order valence-electron chi connectivity index (χ0n) is 16.0. The van der Waals surface area contributed by atoms with Gasteiger partial charge in [0, 0.05) is 22.9 Å². The average molecular weight is 346 g/mol. The standard InChI is InChI=1S/C20H30N2O3/c1-19(2,3)15-9-13(10-16(18(15)25)20(4,5)6)17-7-8-22(21-17)14(11-23)12-24/h7-10,14,23-25H,11-12H2,1-6H3. The molecule has 0 fully saturated rings. The first-order valence-electron chi connectivity index (χ1n) is 8.64. The Morgan fingerprint density at radius 3 is 1.84 bits per heavy atom. The molecule has 1 aromatic heterocycles. The number of hydrogen-bond acceptors (Lipinski definition) is 4. The fourth-order valence-electron chi connectivity index (χ4n) is 2.85. The highest BCUT2D eigenvalue weighted by atomic mass is 16.3. The van der Waals surface area contributed by atoms with Crippen LogP contribution in [-0.2, 0) is 10.8 Å². The van der Waals surface area contributed by atoms with Crippen molar-refractivity contribution in [3.05, 3.63) is 35.5 Å². The number of hydrogen-bond donors (Lipinski definition) is 3. The van der Waals surface area contributed by atoms with E-state index in [4.69, 9.17) is 0 Å². The molecule has 5 nitrogen and oxygen atoms in total. The summed E-state index contributed by atoms with van der Waals surface area (Å²) in [5.41, 5.74) is 3.02. The quantitative estimate of drug-likeness (QED) is 0.793. The summed E-state index contributed by atoms with van der Waals surface area (Å²) in [6.45, 7) is 12.1. The first-order chi connectivity index (χ1) is 11.5. The number of aromatic hydroxyl groups is 1. The maximum absolute atomic E-state index is 10.8. The molecule has 0 atom stereocenters. The van der Waals surface area contributed by atoms with Crippen LogP contribution in [0.25, 0.3) is 11.3 Å². The molecule has 0 aliphatic carbocycles. The van der Waals surface area contributed by atoms with Crippen LogP contribution in [0.5, 0.6) is 5.75 Å². The molecular weight excluding hydrogens is 316 g/mol. The van der Waals surface area contributed by atoms with Gasteiger partial charge in [-0.25, -0.2) is 0 Å². The third-order valence-corrected chi connectivity index (χ3v) is 4.43. The number of rotatable bonds is 4. The third-order valence-electron chi connectivity index (χ3n) is 4.43. The maximum atomic E-state index is 10.8. The molecule has 5 heteroatoms. The molecule has 0 aliphatic heterocycles. The number of aliphatic hydroxyl groups is 2. The van der Waals surface area contributed by atoms with Gasteiger partial charge in [0.2, 0.25) is 0 Å². The van der Waals surface area contributed by atoms with Gasteiger partial charge in [0.05, 0.1) is 24.9 Å². The monoisotopic (exact) mass is 346 g/mol. The molecule has 25 heavy (non-hydrogen) atoms. The molecule has 0 aliphatic rings. The van der Waals surface area contributed by atoms with Crippen LogP contribution < -0.4 is 0 Å². The first-order valence-corrected chi connectivity index (χ1v) is 8.64. The fourth-order valence-corrected chi connectivity index (χ4v) is 2.85. The Balaban J connectivity index is 2.62. The number of phenolic OH excluding ortho intramolecular Hbond substituents is 1. The highest BCUT2D eigenvalue weighted by Gasteiger charge is 2.27. The van der Waals surface area contributed by atoms with E-state index in [9.17, 15) is 15.3 Å². The van der Waals surface area contributed by atoms with Gasteiger partial charge < -0.3 is 15.3 Å². The first kappa shape index (κ1) is 19.5. The van der Waals surface area contributed by atoms with Gasteiger partial charge in [-0.3, -0.25) is 4.68 Å². The van der Waals surface area contributed by atoms with Crippen molar-refractivity contribution >= 4 is 0 Å². The lowest BCUT2D eigenvalue weighted by atomic mass is 9.78. The lowest BCUT2D eigenvalue weighted by Gasteiger charge is -2.28. The van der Waals surface area contributed by atoms with E-state index in [0.717, 1.165) is 22.4 Å². The lowest BCUT2D eigenvalue weighted by molar-refractivity contribution is 0.146. The second kappa shape index (κ2) is 6.81. The summed E-state index contributed by atoms with van der Waals surface area (Å²) in [5, 5.41) is 34.0. The molecule has 0 saturated heterocycles. The van der Waals surface area contributed by atoms with Crippen molar-refractivity contribution in [2.24, 2.45) is 0 Å². The van der Waals surface area contributed by atoms with Gasteiger partial charge in [-0.15, -0.1) is 0 Å². The number of benzene rings is 1. The van der Waals surface area contributed by atoms with Crippen LogP contribution in [0.2, 0.25) is 0 Å². The van der Waals surface area contributed by atoms with E-state index in [1.807, 2.05) is 18.2 Å². The van der Waals surface area contributed by atoms with Crippen molar-refractivity contribution in [3.8, 4) is 17.0 Å². The SMILES string of the molecule is CC(C)(C)c1cc(-c2ccn(C(CO)CO)n2)cc(C(C)(C)C)c1O. The molecule has 3 N–H and O–H groups in total. The molecular formula is C20H30N2O3. The van der Waals surface area contributed by atoms with E-state index < -0.39 is 6.04 Å². The minimum Gasteiger partial charge on any atom is -0.507 e. The van der Waals surface area contributed by atoms with Crippen molar-refractivity contribution in [1.29, 1.82) is 0 Å². The minimum absolute atomic E-state index is 0.173. The van der Waals surface area contributed by atoms with Gasteiger partial charge in [0.25, 0.3) is 0 Å². The highest BCUT2D eigenvalue weighted by molar-refractivity contribution is 5.66. The third kappa shape index (κ3) is 4.05. The number of phenols is 1. The van der Waals surface area contributed by atoms with Gasteiger partial charge in [-0.2, -0.15) is 5.10 Å². The zero-order chi connectivity index (χ0) is 19.0. The normalized spacial score (nSPS) is 12.8. The van der Waals surface area contributed by atoms with E-state index >= 15 is 0 Å². The van der Waals surface area contributed by atoms with Crippen LogP contribution in [0.1, 0.15) is 58.7 Å². The summed E-state index contributed by atoms with van der Waals surface area (Å²) in [7, 11) is 0. The van der Waals surface area contributed by atoms with Crippen molar-refractivity contribution in [2.45, 2.75) is 58.4 Å². The Morgan fingerprint density at radius 2 is 1.44 bits per heavy atom. The Bertz CT molecular complexity index is 697. The molecule has 2 rings (SSSR count). The highest BCUT2D eigenvalue weighted by Crippen LogP contribution is 2.41. The second-order valence-electron chi connectivity index (χ2n) is 8.62. The predicted molar refractivity (Wildman–Crippen MR) is 99.9 cm³/mol.